The maximum atomic E-state index is 11.9. The van der Waals surface area contributed by atoms with Gasteiger partial charge in [-0.15, -0.1) is 23.5 Å². The summed E-state index contributed by atoms with van der Waals surface area (Å²) >= 11 is 3.34. The number of nitriles is 1. The molecule has 0 atom stereocenters. The van der Waals surface area contributed by atoms with E-state index in [1.165, 1.54) is 0 Å². The van der Waals surface area contributed by atoms with Crippen molar-refractivity contribution in [3.63, 3.8) is 0 Å². The summed E-state index contributed by atoms with van der Waals surface area (Å²) in [7, 11) is 0. The molecule has 4 nitrogen and oxygen atoms in total. The Morgan fingerprint density at radius 2 is 1.93 bits per heavy atom. The van der Waals surface area contributed by atoms with E-state index in [1.54, 1.807) is 30.4 Å². The van der Waals surface area contributed by atoms with Crippen LogP contribution in [0.1, 0.15) is 16.7 Å². The Labute approximate surface area is 178 Å². The minimum Gasteiger partial charge on any atom is -0.422 e. The molecule has 148 valence electrons. The van der Waals surface area contributed by atoms with Gasteiger partial charge in [0, 0.05) is 26.7 Å². The van der Waals surface area contributed by atoms with Crippen molar-refractivity contribution >= 4 is 39.4 Å². The molecule has 0 bridgehead atoms. The standard InChI is InChI=1S/C23H21NO3S2/c1-16-20-9-8-19(14-22(20)27-23(25)21(16)15-24)29-13-11-26-10-12-28-17(2)18-6-4-3-5-7-18/h3-9,14H,2,10-13H2,1H3. The maximum Gasteiger partial charge on any atom is 0.354 e. The monoisotopic (exact) mass is 423 g/mol. The molecule has 0 aliphatic heterocycles. The molecule has 29 heavy (non-hydrogen) atoms. The van der Waals surface area contributed by atoms with Crippen LogP contribution in [0.3, 0.4) is 0 Å². The average Bonchev–Trinajstić information content (AvgIpc) is 2.73. The van der Waals surface area contributed by atoms with Gasteiger partial charge in [-0.1, -0.05) is 36.9 Å². The number of thioether (sulfide) groups is 2. The van der Waals surface area contributed by atoms with Gasteiger partial charge in [-0.3, -0.25) is 0 Å². The first-order valence-electron chi connectivity index (χ1n) is 9.15. The number of nitrogens with zero attached hydrogens (tertiary/aromatic N) is 1. The molecule has 0 saturated carbocycles. The normalized spacial score (nSPS) is 10.8. The van der Waals surface area contributed by atoms with E-state index in [4.69, 9.17) is 14.4 Å². The first-order valence-corrected chi connectivity index (χ1v) is 11.1. The Morgan fingerprint density at radius 3 is 2.69 bits per heavy atom. The zero-order chi connectivity index (χ0) is 20.6. The molecule has 1 heterocycles. The van der Waals surface area contributed by atoms with E-state index in [-0.39, 0.29) is 5.56 Å². The summed E-state index contributed by atoms with van der Waals surface area (Å²) in [6, 6.07) is 17.7. The highest BCUT2D eigenvalue weighted by atomic mass is 32.2. The first-order chi connectivity index (χ1) is 14.1. The molecule has 0 aliphatic carbocycles. The number of ether oxygens (including phenoxy) is 1. The third-order valence-electron chi connectivity index (χ3n) is 4.35. The highest BCUT2D eigenvalue weighted by Gasteiger charge is 2.11. The van der Waals surface area contributed by atoms with E-state index in [0.717, 1.165) is 32.3 Å². The summed E-state index contributed by atoms with van der Waals surface area (Å²) in [5, 5.41) is 9.86. The van der Waals surface area contributed by atoms with Gasteiger partial charge >= 0.3 is 5.63 Å². The second-order valence-electron chi connectivity index (χ2n) is 6.26. The van der Waals surface area contributed by atoms with Crippen molar-refractivity contribution in [3.05, 3.63) is 82.2 Å². The molecule has 3 rings (SSSR count). The van der Waals surface area contributed by atoms with Crippen molar-refractivity contribution in [3.8, 4) is 6.07 Å². The molecule has 0 unspecified atom stereocenters. The van der Waals surface area contributed by atoms with E-state index in [2.05, 4.69) is 18.7 Å². The van der Waals surface area contributed by atoms with Gasteiger partial charge in [0.2, 0.25) is 0 Å². The second kappa shape index (κ2) is 10.4. The molecule has 6 heteroatoms. The predicted molar refractivity (Wildman–Crippen MR) is 121 cm³/mol. The highest BCUT2D eigenvalue weighted by molar-refractivity contribution is 8.08. The van der Waals surface area contributed by atoms with E-state index in [9.17, 15) is 4.79 Å². The summed E-state index contributed by atoms with van der Waals surface area (Å²) in [5.74, 6) is 1.66. The lowest BCUT2D eigenvalue weighted by Crippen LogP contribution is -2.06. The molecule has 1 aromatic heterocycles. The number of hydrogen-bond donors (Lipinski definition) is 0. The van der Waals surface area contributed by atoms with Crippen LogP contribution in [-0.4, -0.2) is 24.7 Å². The summed E-state index contributed by atoms with van der Waals surface area (Å²) in [4.78, 5) is 13.9. The van der Waals surface area contributed by atoms with Crippen LogP contribution < -0.4 is 5.63 Å². The van der Waals surface area contributed by atoms with Gasteiger partial charge in [0.25, 0.3) is 0 Å². The predicted octanol–water partition coefficient (Wildman–Crippen LogP) is 5.49. The Bertz CT molecular complexity index is 1100. The second-order valence-corrected chi connectivity index (χ2v) is 8.62. The Balaban J connectivity index is 1.43. The lowest BCUT2D eigenvalue weighted by molar-refractivity contribution is 0.167. The zero-order valence-electron chi connectivity index (χ0n) is 16.1. The number of hydrogen-bond acceptors (Lipinski definition) is 6. The average molecular weight is 424 g/mol. The molecule has 0 N–H and O–H groups in total. The number of aryl methyl sites for hydroxylation is 1. The number of fused-ring (bicyclic) bond motifs is 1. The molecule has 0 aliphatic rings. The Morgan fingerprint density at radius 1 is 1.17 bits per heavy atom. The third kappa shape index (κ3) is 5.54. The van der Waals surface area contributed by atoms with Crippen LogP contribution in [0.2, 0.25) is 0 Å². The van der Waals surface area contributed by atoms with Crippen molar-refractivity contribution < 1.29 is 9.15 Å². The van der Waals surface area contributed by atoms with Crippen LogP contribution in [0.15, 0.2) is 69.2 Å². The molecule has 0 spiro atoms. The van der Waals surface area contributed by atoms with Crippen LogP contribution in [0.25, 0.3) is 15.9 Å². The molecule has 0 saturated heterocycles. The van der Waals surface area contributed by atoms with Gasteiger partial charge in [0.15, 0.2) is 0 Å². The van der Waals surface area contributed by atoms with Crippen LogP contribution in [-0.2, 0) is 4.74 Å². The lowest BCUT2D eigenvalue weighted by Gasteiger charge is -2.07. The van der Waals surface area contributed by atoms with E-state index >= 15 is 0 Å². The van der Waals surface area contributed by atoms with E-state index < -0.39 is 5.63 Å². The molecular weight excluding hydrogens is 402 g/mol. The first kappa shape index (κ1) is 21.3. The van der Waals surface area contributed by atoms with Gasteiger partial charge in [-0.2, -0.15) is 5.26 Å². The molecule has 0 radical (unpaired) electrons. The molecular formula is C23H21NO3S2. The van der Waals surface area contributed by atoms with Crippen LogP contribution in [0.4, 0.5) is 0 Å². The summed E-state index contributed by atoms with van der Waals surface area (Å²) in [5.41, 5.74) is 1.80. The Kier molecular flexibility index (Phi) is 7.59. The summed E-state index contributed by atoms with van der Waals surface area (Å²) < 4.78 is 11.0. The van der Waals surface area contributed by atoms with Crippen molar-refractivity contribution in [2.45, 2.75) is 11.8 Å². The van der Waals surface area contributed by atoms with Crippen molar-refractivity contribution in [2.24, 2.45) is 0 Å². The molecule has 3 aromatic rings. The number of rotatable bonds is 9. The lowest BCUT2D eigenvalue weighted by atomic mass is 10.1. The summed E-state index contributed by atoms with van der Waals surface area (Å²) in [6.45, 7) is 7.17. The van der Waals surface area contributed by atoms with Crippen LogP contribution >= 0.6 is 23.5 Å². The third-order valence-corrected chi connectivity index (χ3v) is 6.26. The Hall–Kier alpha value is -2.46. The van der Waals surface area contributed by atoms with Crippen molar-refractivity contribution in [1.29, 1.82) is 5.26 Å². The fourth-order valence-corrected chi connectivity index (χ4v) is 4.35. The van der Waals surface area contributed by atoms with E-state index in [0.29, 0.717) is 24.4 Å². The maximum absolute atomic E-state index is 11.9. The fourth-order valence-electron chi connectivity index (χ4n) is 2.81. The van der Waals surface area contributed by atoms with Gasteiger partial charge in [-0.25, -0.2) is 4.79 Å². The van der Waals surface area contributed by atoms with Crippen molar-refractivity contribution in [1.82, 2.24) is 0 Å². The number of benzene rings is 2. The van der Waals surface area contributed by atoms with Gasteiger partial charge in [0.05, 0.1) is 13.2 Å². The van der Waals surface area contributed by atoms with Crippen molar-refractivity contribution in [2.75, 3.05) is 24.7 Å². The molecule has 0 amide bonds. The van der Waals surface area contributed by atoms with Crippen LogP contribution in [0, 0.1) is 18.3 Å². The van der Waals surface area contributed by atoms with E-state index in [1.807, 2.05) is 42.5 Å². The SMILES string of the molecule is C=C(SCCOCCSc1ccc2c(C)c(C#N)c(=O)oc2c1)c1ccccc1. The smallest absolute Gasteiger partial charge is 0.354 e. The summed E-state index contributed by atoms with van der Waals surface area (Å²) in [6.07, 6.45) is 0. The topological polar surface area (TPSA) is 63.2 Å². The molecule has 0 fully saturated rings. The largest absolute Gasteiger partial charge is 0.422 e. The fraction of sp³-hybridized carbons (Fsp3) is 0.217. The zero-order valence-corrected chi connectivity index (χ0v) is 17.8. The quantitative estimate of drug-likeness (QED) is 0.258. The van der Waals surface area contributed by atoms with Gasteiger partial charge in [0.1, 0.15) is 17.2 Å². The van der Waals surface area contributed by atoms with Gasteiger partial charge < -0.3 is 9.15 Å². The molecule has 2 aromatic carbocycles. The van der Waals surface area contributed by atoms with Gasteiger partial charge in [-0.05, 0) is 36.2 Å². The minimum absolute atomic E-state index is 0.0686. The van der Waals surface area contributed by atoms with Crippen LogP contribution in [0.5, 0.6) is 0 Å². The minimum atomic E-state index is -0.586. The highest BCUT2D eigenvalue weighted by Crippen LogP contribution is 2.26.